The SMILES string of the molecule is O=C(O)C1CN(Cc2cc(C#CCO)cs2)CCO1. The zero-order valence-electron chi connectivity index (χ0n) is 10.3. The normalized spacial score (nSPS) is 19.7. The van der Waals surface area contributed by atoms with Gasteiger partial charge in [0, 0.05) is 35.5 Å². The molecular formula is C13H15NO4S. The number of thiophene rings is 1. The van der Waals surface area contributed by atoms with Crippen molar-refractivity contribution in [2.75, 3.05) is 26.3 Å². The molecule has 0 amide bonds. The molecule has 5 nitrogen and oxygen atoms in total. The van der Waals surface area contributed by atoms with Gasteiger partial charge in [-0.25, -0.2) is 4.79 Å². The third-order valence-corrected chi connectivity index (χ3v) is 3.69. The number of carboxylic acid groups (broad SMARTS) is 1. The van der Waals surface area contributed by atoms with Crippen molar-refractivity contribution in [3.05, 3.63) is 21.9 Å². The Morgan fingerprint density at radius 1 is 1.63 bits per heavy atom. The van der Waals surface area contributed by atoms with Crippen molar-refractivity contribution in [2.45, 2.75) is 12.6 Å². The third kappa shape index (κ3) is 4.04. The van der Waals surface area contributed by atoms with Crippen LogP contribution in [0.1, 0.15) is 10.4 Å². The maximum Gasteiger partial charge on any atom is 0.334 e. The number of rotatable bonds is 3. The van der Waals surface area contributed by atoms with E-state index in [1.54, 1.807) is 11.3 Å². The van der Waals surface area contributed by atoms with Gasteiger partial charge >= 0.3 is 5.97 Å². The average Bonchev–Trinajstić information content (AvgIpc) is 2.84. The molecule has 102 valence electrons. The molecule has 6 heteroatoms. The molecule has 1 aliphatic rings. The largest absolute Gasteiger partial charge is 0.479 e. The van der Waals surface area contributed by atoms with Gasteiger partial charge in [0.2, 0.25) is 0 Å². The highest BCUT2D eigenvalue weighted by molar-refractivity contribution is 7.10. The molecule has 0 radical (unpaired) electrons. The Hall–Kier alpha value is -1.39. The van der Waals surface area contributed by atoms with E-state index in [9.17, 15) is 4.79 Å². The molecule has 0 bridgehead atoms. The van der Waals surface area contributed by atoms with Crippen molar-refractivity contribution in [1.82, 2.24) is 4.90 Å². The molecule has 0 aromatic carbocycles. The van der Waals surface area contributed by atoms with Crippen molar-refractivity contribution in [1.29, 1.82) is 0 Å². The second kappa shape index (κ2) is 6.68. The quantitative estimate of drug-likeness (QED) is 0.784. The second-order valence-electron chi connectivity index (χ2n) is 4.19. The first-order valence-electron chi connectivity index (χ1n) is 5.93. The molecule has 1 atom stereocenters. The molecule has 2 N–H and O–H groups in total. The molecule has 0 saturated carbocycles. The predicted molar refractivity (Wildman–Crippen MR) is 70.9 cm³/mol. The summed E-state index contributed by atoms with van der Waals surface area (Å²) in [6.07, 6.45) is -0.734. The number of ether oxygens (including phenoxy) is 1. The molecule has 1 aromatic heterocycles. The Labute approximate surface area is 115 Å². The standard InChI is InChI=1S/C13H15NO4S/c15-4-1-2-10-6-11(19-9-10)7-14-3-5-18-12(8-14)13(16)17/h6,9,12,15H,3-5,7-8H2,(H,16,17). The number of aliphatic carboxylic acids is 1. The highest BCUT2D eigenvalue weighted by atomic mass is 32.1. The zero-order valence-corrected chi connectivity index (χ0v) is 11.2. The van der Waals surface area contributed by atoms with Gasteiger partial charge in [-0.2, -0.15) is 0 Å². The summed E-state index contributed by atoms with van der Waals surface area (Å²) in [6, 6.07) is 1.97. The van der Waals surface area contributed by atoms with Crippen molar-refractivity contribution >= 4 is 17.3 Å². The number of aliphatic hydroxyl groups is 1. The van der Waals surface area contributed by atoms with Gasteiger partial charge in [-0.1, -0.05) is 11.8 Å². The van der Waals surface area contributed by atoms with Crippen LogP contribution in [0, 0.1) is 11.8 Å². The summed E-state index contributed by atoms with van der Waals surface area (Å²) < 4.78 is 5.18. The zero-order chi connectivity index (χ0) is 13.7. The molecule has 1 aliphatic heterocycles. The summed E-state index contributed by atoms with van der Waals surface area (Å²) in [5.74, 6) is 4.54. The van der Waals surface area contributed by atoms with E-state index in [-0.39, 0.29) is 6.61 Å². The topological polar surface area (TPSA) is 70.0 Å². The van der Waals surface area contributed by atoms with Crippen molar-refractivity contribution in [2.24, 2.45) is 0 Å². The molecule has 1 unspecified atom stereocenters. The molecule has 1 aromatic rings. The van der Waals surface area contributed by atoms with E-state index in [2.05, 4.69) is 16.7 Å². The third-order valence-electron chi connectivity index (χ3n) is 2.77. The number of aliphatic hydroxyl groups excluding tert-OH is 1. The molecule has 1 fully saturated rings. The molecule has 0 spiro atoms. The first kappa shape index (κ1) is 14.0. The van der Waals surface area contributed by atoms with E-state index in [1.165, 1.54) is 0 Å². The van der Waals surface area contributed by atoms with E-state index in [1.807, 2.05) is 11.4 Å². The van der Waals surface area contributed by atoms with Gasteiger partial charge in [0.05, 0.1) is 6.61 Å². The Morgan fingerprint density at radius 3 is 3.21 bits per heavy atom. The smallest absolute Gasteiger partial charge is 0.334 e. The Morgan fingerprint density at radius 2 is 2.47 bits per heavy atom. The van der Waals surface area contributed by atoms with Gasteiger partial charge < -0.3 is 14.9 Å². The fraction of sp³-hybridized carbons (Fsp3) is 0.462. The average molecular weight is 281 g/mol. The minimum atomic E-state index is -0.912. The maximum atomic E-state index is 10.9. The van der Waals surface area contributed by atoms with Gasteiger partial charge in [0.15, 0.2) is 6.10 Å². The lowest BCUT2D eigenvalue weighted by Crippen LogP contribution is -2.45. The first-order chi connectivity index (χ1) is 9.19. The Balaban J connectivity index is 1.93. The van der Waals surface area contributed by atoms with Crippen LogP contribution in [0.4, 0.5) is 0 Å². The van der Waals surface area contributed by atoms with Gasteiger partial charge in [-0.05, 0) is 6.07 Å². The Bertz CT molecular complexity index is 502. The minimum Gasteiger partial charge on any atom is -0.479 e. The molecule has 2 rings (SSSR count). The molecular weight excluding hydrogens is 266 g/mol. The first-order valence-corrected chi connectivity index (χ1v) is 6.81. The van der Waals surface area contributed by atoms with Crippen LogP contribution in [0.25, 0.3) is 0 Å². The molecule has 2 heterocycles. The minimum absolute atomic E-state index is 0.144. The van der Waals surface area contributed by atoms with Gasteiger partial charge in [0.1, 0.15) is 6.61 Å². The maximum absolute atomic E-state index is 10.9. The predicted octanol–water partition coefficient (Wildman–Crippen LogP) is 0.377. The summed E-state index contributed by atoms with van der Waals surface area (Å²) in [7, 11) is 0. The van der Waals surface area contributed by atoms with Crippen molar-refractivity contribution < 1.29 is 19.7 Å². The lowest BCUT2D eigenvalue weighted by Gasteiger charge is -2.30. The summed E-state index contributed by atoms with van der Waals surface area (Å²) in [5, 5.41) is 19.5. The van der Waals surface area contributed by atoms with E-state index >= 15 is 0 Å². The fourth-order valence-corrected chi connectivity index (χ4v) is 2.74. The van der Waals surface area contributed by atoms with Crippen molar-refractivity contribution in [3.63, 3.8) is 0 Å². The highest BCUT2D eigenvalue weighted by Crippen LogP contribution is 2.18. The number of carboxylic acids is 1. The van der Waals surface area contributed by atoms with E-state index in [0.717, 1.165) is 17.0 Å². The van der Waals surface area contributed by atoms with E-state index < -0.39 is 12.1 Å². The van der Waals surface area contributed by atoms with Crippen LogP contribution in [0.3, 0.4) is 0 Å². The van der Waals surface area contributed by atoms with Crippen LogP contribution in [-0.4, -0.2) is 53.5 Å². The monoisotopic (exact) mass is 281 g/mol. The van der Waals surface area contributed by atoms with Gasteiger partial charge in [-0.15, -0.1) is 11.3 Å². The number of carbonyl (C=O) groups is 1. The summed E-state index contributed by atoms with van der Waals surface area (Å²) in [4.78, 5) is 14.1. The molecule has 0 aliphatic carbocycles. The number of hydrogen-bond acceptors (Lipinski definition) is 5. The van der Waals surface area contributed by atoms with Crippen LogP contribution >= 0.6 is 11.3 Å². The van der Waals surface area contributed by atoms with Crippen LogP contribution < -0.4 is 0 Å². The van der Waals surface area contributed by atoms with E-state index in [4.69, 9.17) is 14.9 Å². The summed E-state index contributed by atoms with van der Waals surface area (Å²) >= 11 is 1.59. The lowest BCUT2D eigenvalue weighted by atomic mass is 10.2. The summed E-state index contributed by atoms with van der Waals surface area (Å²) in [5.41, 5.74) is 0.886. The van der Waals surface area contributed by atoms with Gasteiger partial charge in [-0.3, -0.25) is 4.90 Å². The lowest BCUT2D eigenvalue weighted by molar-refractivity contribution is -0.156. The fourth-order valence-electron chi connectivity index (χ4n) is 1.89. The Kier molecular flexibility index (Phi) is 4.93. The van der Waals surface area contributed by atoms with Crippen LogP contribution in [-0.2, 0) is 16.1 Å². The molecule has 1 saturated heterocycles. The summed E-state index contributed by atoms with van der Waals surface area (Å²) in [6.45, 7) is 2.15. The van der Waals surface area contributed by atoms with Crippen LogP contribution in [0.5, 0.6) is 0 Å². The number of hydrogen-bond donors (Lipinski definition) is 2. The highest BCUT2D eigenvalue weighted by Gasteiger charge is 2.26. The number of morpholine rings is 1. The molecule has 19 heavy (non-hydrogen) atoms. The van der Waals surface area contributed by atoms with Crippen molar-refractivity contribution in [3.8, 4) is 11.8 Å². The van der Waals surface area contributed by atoms with Gasteiger partial charge in [0.25, 0.3) is 0 Å². The van der Waals surface area contributed by atoms with E-state index in [0.29, 0.717) is 19.7 Å². The van der Waals surface area contributed by atoms with Crippen LogP contribution in [0.15, 0.2) is 11.4 Å². The second-order valence-corrected chi connectivity index (χ2v) is 5.19. The van der Waals surface area contributed by atoms with Crippen LogP contribution in [0.2, 0.25) is 0 Å². The number of nitrogens with zero attached hydrogens (tertiary/aromatic N) is 1.